The molecule has 5 heteroatoms. The van der Waals surface area contributed by atoms with Crippen LogP contribution in [0, 0.1) is 0 Å². The van der Waals surface area contributed by atoms with Gasteiger partial charge in [0.15, 0.2) is 0 Å². The first-order chi connectivity index (χ1) is 8.89. The van der Waals surface area contributed by atoms with Gasteiger partial charge in [0.1, 0.15) is 5.54 Å². The Kier molecular flexibility index (Phi) is 6.23. The number of rotatable bonds is 6. The lowest BCUT2D eigenvalue weighted by Crippen LogP contribution is -2.57. The normalized spacial score (nSPS) is 22.0. The van der Waals surface area contributed by atoms with Crippen LogP contribution in [-0.2, 0) is 14.3 Å². The van der Waals surface area contributed by atoms with Crippen LogP contribution in [0.1, 0.15) is 34.1 Å². The van der Waals surface area contributed by atoms with Crippen molar-refractivity contribution < 1.29 is 14.3 Å². The summed E-state index contributed by atoms with van der Waals surface area (Å²) in [6.45, 7) is 11.6. The van der Waals surface area contributed by atoms with Crippen molar-refractivity contribution >= 4 is 5.97 Å². The van der Waals surface area contributed by atoms with E-state index in [1.165, 1.54) is 7.11 Å². The van der Waals surface area contributed by atoms with Crippen LogP contribution in [0.3, 0.4) is 0 Å². The molecule has 1 fully saturated rings. The van der Waals surface area contributed by atoms with Gasteiger partial charge < -0.3 is 9.47 Å². The largest absolute Gasteiger partial charge is 0.468 e. The van der Waals surface area contributed by atoms with Gasteiger partial charge in [-0.05, 0) is 34.1 Å². The fraction of sp³-hybridized carbons (Fsp3) is 0.929. The minimum atomic E-state index is -0.638. The number of morpholine rings is 1. The second-order valence-corrected chi connectivity index (χ2v) is 5.82. The zero-order chi connectivity index (χ0) is 14.5. The highest BCUT2D eigenvalue weighted by molar-refractivity contribution is 5.80. The van der Waals surface area contributed by atoms with Gasteiger partial charge in [-0.1, -0.05) is 0 Å². The van der Waals surface area contributed by atoms with E-state index in [0.717, 1.165) is 32.7 Å². The van der Waals surface area contributed by atoms with E-state index in [2.05, 4.69) is 17.1 Å². The van der Waals surface area contributed by atoms with Crippen LogP contribution in [0.25, 0.3) is 0 Å². The number of nitrogens with zero attached hydrogens (tertiary/aromatic N) is 1. The number of hydrogen-bond acceptors (Lipinski definition) is 5. The summed E-state index contributed by atoms with van der Waals surface area (Å²) in [5, 5.41) is 3.34. The molecular weight excluding hydrogens is 244 g/mol. The molecule has 0 aliphatic carbocycles. The Morgan fingerprint density at radius 1 is 1.37 bits per heavy atom. The average molecular weight is 272 g/mol. The molecule has 0 saturated carbocycles. The van der Waals surface area contributed by atoms with Crippen LogP contribution in [0.5, 0.6) is 0 Å². The van der Waals surface area contributed by atoms with Crippen molar-refractivity contribution in [3.8, 4) is 0 Å². The number of nitrogens with one attached hydrogen (secondary N) is 1. The maximum Gasteiger partial charge on any atom is 0.325 e. The quantitative estimate of drug-likeness (QED) is 0.732. The van der Waals surface area contributed by atoms with Gasteiger partial charge in [-0.3, -0.25) is 15.0 Å². The van der Waals surface area contributed by atoms with E-state index in [0.29, 0.717) is 6.04 Å². The molecule has 5 nitrogen and oxygen atoms in total. The number of hydrogen-bond donors (Lipinski definition) is 1. The van der Waals surface area contributed by atoms with E-state index in [4.69, 9.17) is 9.47 Å². The van der Waals surface area contributed by atoms with E-state index in [1.54, 1.807) is 0 Å². The van der Waals surface area contributed by atoms with Crippen LogP contribution in [-0.4, -0.2) is 61.9 Å². The summed E-state index contributed by atoms with van der Waals surface area (Å²) in [6, 6.07) is 0.556. The molecule has 2 atom stereocenters. The molecule has 1 heterocycles. The first-order valence-corrected chi connectivity index (χ1v) is 7.07. The lowest BCUT2D eigenvalue weighted by Gasteiger charge is -2.38. The second kappa shape index (κ2) is 7.22. The highest BCUT2D eigenvalue weighted by atomic mass is 16.5. The van der Waals surface area contributed by atoms with Gasteiger partial charge in [0, 0.05) is 25.2 Å². The van der Waals surface area contributed by atoms with E-state index in [-0.39, 0.29) is 12.0 Å². The van der Waals surface area contributed by atoms with Crippen LogP contribution in [0.15, 0.2) is 0 Å². The lowest BCUT2D eigenvalue weighted by molar-refractivity contribution is -0.149. The maximum absolute atomic E-state index is 12.1. The number of ether oxygens (including phenoxy) is 2. The molecule has 1 aliphatic heterocycles. The molecule has 1 saturated heterocycles. The Morgan fingerprint density at radius 2 is 1.95 bits per heavy atom. The molecule has 0 aromatic heterocycles. The minimum Gasteiger partial charge on any atom is -0.468 e. The van der Waals surface area contributed by atoms with Crippen molar-refractivity contribution in [3.63, 3.8) is 0 Å². The molecule has 0 amide bonds. The minimum absolute atomic E-state index is 0.193. The molecule has 1 rings (SSSR count). The van der Waals surface area contributed by atoms with Gasteiger partial charge >= 0.3 is 5.97 Å². The van der Waals surface area contributed by atoms with E-state index in [1.807, 2.05) is 20.8 Å². The SMILES string of the molecule is COC(=O)C(C)(CC(C)N1CCOCC1)NC(C)C. The third kappa shape index (κ3) is 4.75. The molecule has 1 aliphatic rings. The van der Waals surface area contributed by atoms with E-state index >= 15 is 0 Å². The fourth-order valence-corrected chi connectivity index (χ4v) is 2.80. The Hall–Kier alpha value is -0.650. The van der Waals surface area contributed by atoms with E-state index < -0.39 is 5.54 Å². The number of methoxy groups -OCH3 is 1. The van der Waals surface area contributed by atoms with Crippen molar-refractivity contribution in [2.45, 2.75) is 51.7 Å². The first-order valence-electron chi connectivity index (χ1n) is 7.07. The molecule has 2 unspecified atom stereocenters. The second-order valence-electron chi connectivity index (χ2n) is 5.82. The summed E-state index contributed by atoms with van der Waals surface area (Å²) in [7, 11) is 1.45. The highest BCUT2D eigenvalue weighted by Gasteiger charge is 2.37. The van der Waals surface area contributed by atoms with Gasteiger partial charge in [-0.25, -0.2) is 0 Å². The van der Waals surface area contributed by atoms with Gasteiger partial charge in [0.25, 0.3) is 0 Å². The Morgan fingerprint density at radius 3 is 2.42 bits per heavy atom. The van der Waals surface area contributed by atoms with Crippen LogP contribution < -0.4 is 5.32 Å². The average Bonchev–Trinajstić information content (AvgIpc) is 2.37. The molecule has 0 spiro atoms. The summed E-state index contributed by atoms with van der Waals surface area (Å²) in [6.07, 6.45) is 0.734. The number of carbonyl (C=O) groups is 1. The van der Waals surface area contributed by atoms with E-state index in [9.17, 15) is 4.79 Å². The lowest BCUT2D eigenvalue weighted by atomic mass is 9.91. The Balaban J connectivity index is 2.67. The summed E-state index contributed by atoms with van der Waals surface area (Å²) in [5.41, 5.74) is -0.638. The van der Waals surface area contributed by atoms with Gasteiger partial charge in [-0.2, -0.15) is 0 Å². The molecule has 19 heavy (non-hydrogen) atoms. The predicted octanol–water partition coefficient (Wildman–Crippen LogP) is 1.03. The molecule has 0 aromatic carbocycles. The van der Waals surface area contributed by atoms with Crippen LogP contribution in [0.2, 0.25) is 0 Å². The molecule has 1 N–H and O–H groups in total. The van der Waals surface area contributed by atoms with Gasteiger partial charge in [0.2, 0.25) is 0 Å². The molecular formula is C14H28N2O3. The maximum atomic E-state index is 12.1. The zero-order valence-electron chi connectivity index (χ0n) is 12.9. The first kappa shape index (κ1) is 16.4. The number of carbonyl (C=O) groups excluding carboxylic acids is 1. The smallest absolute Gasteiger partial charge is 0.325 e. The summed E-state index contributed by atoms with van der Waals surface area (Å²) in [5.74, 6) is -0.193. The van der Waals surface area contributed by atoms with Crippen molar-refractivity contribution in [1.29, 1.82) is 0 Å². The number of esters is 1. The van der Waals surface area contributed by atoms with Gasteiger partial charge in [0.05, 0.1) is 20.3 Å². The summed E-state index contributed by atoms with van der Waals surface area (Å²) in [4.78, 5) is 14.4. The van der Waals surface area contributed by atoms with Gasteiger partial charge in [-0.15, -0.1) is 0 Å². The highest BCUT2D eigenvalue weighted by Crippen LogP contribution is 2.19. The van der Waals surface area contributed by atoms with Crippen LogP contribution >= 0.6 is 0 Å². The van der Waals surface area contributed by atoms with Crippen molar-refractivity contribution in [2.75, 3.05) is 33.4 Å². The molecule has 0 radical (unpaired) electrons. The van der Waals surface area contributed by atoms with Crippen molar-refractivity contribution in [3.05, 3.63) is 0 Å². The van der Waals surface area contributed by atoms with Crippen molar-refractivity contribution in [2.24, 2.45) is 0 Å². The zero-order valence-corrected chi connectivity index (χ0v) is 12.9. The summed E-state index contributed by atoms with van der Waals surface area (Å²) >= 11 is 0. The van der Waals surface area contributed by atoms with Crippen molar-refractivity contribution in [1.82, 2.24) is 10.2 Å². The monoisotopic (exact) mass is 272 g/mol. The third-order valence-electron chi connectivity index (χ3n) is 3.62. The third-order valence-corrected chi connectivity index (χ3v) is 3.62. The standard InChI is InChI=1S/C14H28N2O3/c1-11(2)15-14(4,13(17)18-5)10-12(3)16-6-8-19-9-7-16/h11-12,15H,6-10H2,1-5H3. The predicted molar refractivity (Wildman–Crippen MR) is 75.2 cm³/mol. The topological polar surface area (TPSA) is 50.8 Å². The molecule has 112 valence electrons. The molecule has 0 aromatic rings. The fourth-order valence-electron chi connectivity index (χ4n) is 2.80. The van der Waals surface area contributed by atoms with Crippen LogP contribution in [0.4, 0.5) is 0 Å². The molecule has 0 bridgehead atoms. The Labute approximate surface area is 116 Å². The Bertz CT molecular complexity index is 290. The summed E-state index contributed by atoms with van der Waals surface area (Å²) < 4.78 is 10.3.